The van der Waals surface area contributed by atoms with Gasteiger partial charge in [-0.25, -0.2) is 14.2 Å². The minimum Gasteiger partial charge on any atom is -0.466 e. The molecule has 2 heterocycles. The Balaban J connectivity index is 1.51. The number of carbonyl (C=O) groups is 1. The SMILES string of the molecule is COC(=O)C=Cc1cnc(N[C@@H]2CCN(Cc3ccccc3F)C2)cn1. The highest BCUT2D eigenvalue weighted by Gasteiger charge is 2.23. The van der Waals surface area contributed by atoms with Gasteiger partial charge in [-0.1, -0.05) is 18.2 Å². The lowest BCUT2D eigenvalue weighted by molar-refractivity contribution is -0.134. The second kappa shape index (κ2) is 8.53. The van der Waals surface area contributed by atoms with Crippen molar-refractivity contribution in [3.8, 4) is 0 Å². The van der Waals surface area contributed by atoms with E-state index >= 15 is 0 Å². The van der Waals surface area contributed by atoms with Gasteiger partial charge in [0.05, 0.1) is 25.2 Å². The Hall–Kier alpha value is -2.80. The lowest BCUT2D eigenvalue weighted by atomic mass is 10.2. The van der Waals surface area contributed by atoms with E-state index in [1.165, 1.54) is 19.3 Å². The molecule has 1 saturated heterocycles. The highest BCUT2D eigenvalue weighted by molar-refractivity contribution is 5.86. The van der Waals surface area contributed by atoms with E-state index in [9.17, 15) is 9.18 Å². The standard InChI is InChI=1S/C19H21FN4O2/c1-26-19(25)7-6-15-10-22-18(11-21-15)23-16-8-9-24(13-16)12-14-4-2-3-5-17(14)20/h2-7,10-11,16H,8-9,12-13H2,1H3,(H,22,23)/t16-/m1/s1. The van der Waals surface area contributed by atoms with Gasteiger partial charge in [-0.15, -0.1) is 0 Å². The van der Waals surface area contributed by atoms with E-state index in [4.69, 9.17) is 0 Å². The summed E-state index contributed by atoms with van der Waals surface area (Å²) < 4.78 is 18.3. The molecule has 6 nitrogen and oxygen atoms in total. The Labute approximate surface area is 151 Å². The number of hydrogen-bond acceptors (Lipinski definition) is 6. The monoisotopic (exact) mass is 356 g/mol. The average molecular weight is 356 g/mol. The van der Waals surface area contributed by atoms with E-state index in [1.54, 1.807) is 24.5 Å². The summed E-state index contributed by atoms with van der Waals surface area (Å²) in [6, 6.07) is 7.12. The number of ether oxygens (including phenoxy) is 1. The van der Waals surface area contributed by atoms with Crippen molar-refractivity contribution in [1.82, 2.24) is 14.9 Å². The van der Waals surface area contributed by atoms with Crippen LogP contribution in [0.5, 0.6) is 0 Å². The summed E-state index contributed by atoms with van der Waals surface area (Å²) in [4.78, 5) is 21.8. The molecule has 0 amide bonds. The molecular formula is C19H21FN4O2. The van der Waals surface area contributed by atoms with Gasteiger partial charge in [0, 0.05) is 37.3 Å². The summed E-state index contributed by atoms with van der Waals surface area (Å²) in [6.45, 7) is 2.33. The molecule has 1 aromatic carbocycles. The first kappa shape index (κ1) is 18.0. The fraction of sp³-hybridized carbons (Fsp3) is 0.316. The number of anilines is 1. The summed E-state index contributed by atoms with van der Waals surface area (Å²) >= 11 is 0. The van der Waals surface area contributed by atoms with E-state index in [1.807, 2.05) is 12.1 Å². The minimum atomic E-state index is -0.435. The Morgan fingerprint density at radius 1 is 1.38 bits per heavy atom. The maximum atomic E-state index is 13.8. The third-order valence-corrected chi connectivity index (χ3v) is 4.24. The summed E-state index contributed by atoms with van der Waals surface area (Å²) in [5, 5.41) is 3.35. The summed E-state index contributed by atoms with van der Waals surface area (Å²) in [5.74, 6) is 0.0817. The highest BCUT2D eigenvalue weighted by atomic mass is 19.1. The van der Waals surface area contributed by atoms with Crippen LogP contribution in [0, 0.1) is 5.82 Å². The third kappa shape index (κ3) is 4.86. The molecule has 1 aromatic heterocycles. The van der Waals surface area contributed by atoms with Gasteiger partial charge in [-0.3, -0.25) is 9.88 Å². The number of hydrogen-bond donors (Lipinski definition) is 1. The van der Waals surface area contributed by atoms with Gasteiger partial charge >= 0.3 is 5.97 Å². The van der Waals surface area contributed by atoms with Crippen LogP contribution < -0.4 is 5.32 Å². The van der Waals surface area contributed by atoms with Crippen LogP contribution in [-0.2, 0) is 16.1 Å². The van der Waals surface area contributed by atoms with Gasteiger partial charge in [0.2, 0.25) is 0 Å². The predicted molar refractivity (Wildman–Crippen MR) is 96.8 cm³/mol. The van der Waals surface area contributed by atoms with Gasteiger partial charge in [-0.05, 0) is 18.6 Å². The van der Waals surface area contributed by atoms with Crippen molar-refractivity contribution in [2.75, 3.05) is 25.5 Å². The van der Waals surface area contributed by atoms with Crippen LogP contribution in [0.1, 0.15) is 17.7 Å². The molecule has 0 bridgehead atoms. The van der Waals surface area contributed by atoms with E-state index in [0.29, 0.717) is 18.1 Å². The molecule has 26 heavy (non-hydrogen) atoms. The first-order chi connectivity index (χ1) is 12.6. The molecule has 0 radical (unpaired) electrons. The molecule has 1 atom stereocenters. The molecule has 2 aromatic rings. The normalized spacial score (nSPS) is 17.5. The Morgan fingerprint density at radius 2 is 2.23 bits per heavy atom. The van der Waals surface area contributed by atoms with Gasteiger partial charge in [0.1, 0.15) is 11.6 Å². The molecule has 7 heteroatoms. The van der Waals surface area contributed by atoms with Crippen molar-refractivity contribution in [2.45, 2.75) is 19.0 Å². The molecule has 0 unspecified atom stereocenters. The lowest BCUT2D eigenvalue weighted by Gasteiger charge is -2.17. The number of carbonyl (C=O) groups excluding carboxylic acids is 1. The van der Waals surface area contributed by atoms with E-state index in [0.717, 1.165) is 25.1 Å². The fourth-order valence-corrected chi connectivity index (χ4v) is 2.89. The topological polar surface area (TPSA) is 67.3 Å². The second-order valence-corrected chi connectivity index (χ2v) is 6.14. The Morgan fingerprint density at radius 3 is 2.96 bits per heavy atom. The highest BCUT2D eigenvalue weighted by Crippen LogP contribution is 2.18. The van der Waals surface area contributed by atoms with Crippen molar-refractivity contribution >= 4 is 17.9 Å². The number of nitrogens with zero attached hydrogens (tertiary/aromatic N) is 3. The molecule has 1 aliphatic rings. The van der Waals surface area contributed by atoms with Gasteiger partial charge in [0.25, 0.3) is 0 Å². The molecule has 0 saturated carbocycles. The maximum Gasteiger partial charge on any atom is 0.330 e. The van der Waals surface area contributed by atoms with E-state index < -0.39 is 5.97 Å². The zero-order chi connectivity index (χ0) is 18.4. The van der Waals surface area contributed by atoms with E-state index in [-0.39, 0.29) is 11.9 Å². The number of esters is 1. The van der Waals surface area contributed by atoms with Crippen molar-refractivity contribution in [3.05, 3.63) is 59.8 Å². The van der Waals surface area contributed by atoms with Crippen molar-refractivity contribution in [2.24, 2.45) is 0 Å². The molecule has 3 rings (SSSR count). The molecule has 136 valence electrons. The number of benzene rings is 1. The smallest absolute Gasteiger partial charge is 0.330 e. The third-order valence-electron chi connectivity index (χ3n) is 4.24. The number of halogens is 1. The largest absolute Gasteiger partial charge is 0.466 e. The van der Waals surface area contributed by atoms with Gasteiger partial charge < -0.3 is 10.1 Å². The van der Waals surface area contributed by atoms with Crippen LogP contribution in [0.25, 0.3) is 6.08 Å². The number of aromatic nitrogens is 2. The second-order valence-electron chi connectivity index (χ2n) is 6.14. The van der Waals surface area contributed by atoms with Crippen LogP contribution in [-0.4, -0.2) is 47.1 Å². The molecule has 1 aliphatic heterocycles. The predicted octanol–water partition coefficient (Wildman–Crippen LogP) is 2.49. The van der Waals surface area contributed by atoms with Crippen molar-refractivity contribution < 1.29 is 13.9 Å². The molecule has 1 N–H and O–H groups in total. The molecular weight excluding hydrogens is 335 g/mol. The maximum absolute atomic E-state index is 13.8. The van der Waals surface area contributed by atoms with Crippen LogP contribution >= 0.6 is 0 Å². The van der Waals surface area contributed by atoms with Gasteiger partial charge in [0.15, 0.2) is 0 Å². The average Bonchev–Trinajstić information content (AvgIpc) is 3.09. The first-order valence-electron chi connectivity index (χ1n) is 8.44. The van der Waals surface area contributed by atoms with Gasteiger partial charge in [-0.2, -0.15) is 0 Å². The van der Waals surface area contributed by atoms with E-state index in [2.05, 4.69) is 24.9 Å². The number of methoxy groups -OCH3 is 1. The Bertz CT molecular complexity index is 779. The molecule has 0 aliphatic carbocycles. The van der Waals surface area contributed by atoms with Crippen LogP contribution in [0.15, 0.2) is 42.7 Å². The van der Waals surface area contributed by atoms with Crippen LogP contribution in [0.4, 0.5) is 10.2 Å². The quantitative estimate of drug-likeness (QED) is 0.634. The molecule has 1 fully saturated rings. The summed E-state index contributed by atoms with van der Waals surface area (Å²) in [7, 11) is 1.32. The number of likely N-dealkylation sites (tertiary alicyclic amines) is 1. The molecule has 0 spiro atoms. The fourth-order valence-electron chi connectivity index (χ4n) is 2.89. The van der Waals surface area contributed by atoms with Crippen LogP contribution in [0.3, 0.4) is 0 Å². The van der Waals surface area contributed by atoms with Crippen LogP contribution in [0.2, 0.25) is 0 Å². The summed E-state index contributed by atoms with van der Waals surface area (Å²) in [5.41, 5.74) is 1.29. The zero-order valence-corrected chi connectivity index (χ0v) is 14.6. The zero-order valence-electron chi connectivity index (χ0n) is 14.6. The number of rotatable bonds is 6. The lowest BCUT2D eigenvalue weighted by Crippen LogP contribution is -2.26. The summed E-state index contributed by atoms with van der Waals surface area (Å²) in [6.07, 6.45) is 7.04. The van der Waals surface area contributed by atoms with Crippen molar-refractivity contribution in [1.29, 1.82) is 0 Å². The van der Waals surface area contributed by atoms with Crippen molar-refractivity contribution in [3.63, 3.8) is 0 Å². The first-order valence-corrected chi connectivity index (χ1v) is 8.44. The number of nitrogens with one attached hydrogen (secondary N) is 1. The Kier molecular flexibility index (Phi) is 5.91. The minimum absolute atomic E-state index is 0.162.